The van der Waals surface area contributed by atoms with Crippen LogP contribution in [-0.4, -0.2) is 15.8 Å². The summed E-state index contributed by atoms with van der Waals surface area (Å²) in [7, 11) is 0. The molecule has 1 heterocycles. The van der Waals surface area contributed by atoms with E-state index in [9.17, 15) is 9.18 Å². The summed E-state index contributed by atoms with van der Waals surface area (Å²) in [4.78, 5) is 20.6. The van der Waals surface area contributed by atoms with Gasteiger partial charge in [-0.3, -0.25) is 4.79 Å². The maximum Gasteiger partial charge on any atom is 0.166 e. The summed E-state index contributed by atoms with van der Waals surface area (Å²) in [6.45, 7) is 0. The molecular weight excluding hydrogens is 291 g/mol. The number of rotatable bonds is 2. The van der Waals surface area contributed by atoms with E-state index in [1.165, 1.54) is 6.07 Å². The molecule has 21 heavy (non-hydrogen) atoms. The fraction of sp³-hybridized carbons (Fsp3) is 0.312. The number of fused-ring (bicyclic) bond motifs is 1. The SMILES string of the molecule is O=C1CCCCc2nc(Cc3cccc(Cl)c3F)ncc21. The first-order valence-electron chi connectivity index (χ1n) is 6.96. The summed E-state index contributed by atoms with van der Waals surface area (Å²) >= 11 is 5.78. The lowest BCUT2D eigenvalue weighted by Gasteiger charge is -2.07. The predicted molar refractivity (Wildman–Crippen MR) is 78.1 cm³/mol. The zero-order valence-electron chi connectivity index (χ0n) is 11.4. The summed E-state index contributed by atoms with van der Waals surface area (Å²) in [6, 6.07) is 4.88. The van der Waals surface area contributed by atoms with Crippen molar-refractivity contribution in [2.75, 3.05) is 0 Å². The lowest BCUT2D eigenvalue weighted by atomic mass is 10.1. The predicted octanol–water partition coefficient (Wildman–Crippen LogP) is 3.77. The van der Waals surface area contributed by atoms with Gasteiger partial charge in [-0.05, 0) is 30.9 Å². The molecule has 3 rings (SSSR count). The number of carbonyl (C=O) groups is 1. The number of benzene rings is 1. The standard InChI is InChI=1S/C16H14ClFN2O/c17-12-5-3-4-10(16(12)18)8-15-19-9-11-13(20-15)6-1-2-7-14(11)21/h3-5,9H,1-2,6-8H2. The highest BCUT2D eigenvalue weighted by Gasteiger charge is 2.18. The molecule has 2 aromatic rings. The molecule has 3 nitrogen and oxygen atoms in total. The topological polar surface area (TPSA) is 42.9 Å². The van der Waals surface area contributed by atoms with Crippen molar-refractivity contribution < 1.29 is 9.18 Å². The van der Waals surface area contributed by atoms with Gasteiger partial charge in [-0.1, -0.05) is 23.7 Å². The van der Waals surface area contributed by atoms with Gasteiger partial charge in [0.1, 0.15) is 11.6 Å². The summed E-state index contributed by atoms with van der Waals surface area (Å²) in [5.74, 6) is 0.182. The van der Waals surface area contributed by atoms with Gasteiger partial charge in [0.2, 0.25) is 0 Å². The van der Waals surface area contributed by atoms with E-state index in [-0.39, 0.29) is 17.2 Å². The Morgan fingerprint density at radius 2 is 2.05 bits per heavy atom. The van der Waals surface area contributed by atoms with Crippen molar-refractivity contribution in [3.8, 4) is 0 Å². The van der Waals surface area contributed by atoms with Crippen molar-refractivity contribution >= 4 is 17.4 Å². The first kappa shape index (κ1) is 14.1. The molecule has 0 radical (unpaired) electrons. The van der Waals surface area contributed by atoms with Crippen LogP contribution < -0.4 is 0 Å². The summed E-state index contributed by atoms with van der Waals surface area (Å²) in [5.41, 5.74) is 1.86. The van der Waals surface area contributed by atoms with Gasteiger partial charge in [-0.2, -0.15) is 0 Å². The third kappa shape index (κ3) is 2.95. The quantitative estimate of drug-likeness (QED) is 0.793. The van der Waals surface area contributed by atoms with Crippen molar-refractivity contribution in [2.45, 2.75) is 32.1 Å². The van der Waals surface area contributed by atoms with Crippen LogP contribution in [-0.2, 0) is 12.8 Å². The van der Waals surface area contributed by atoms with E-state index in [1.54, 1.807) is 18.3 Å². The van der Waals surface area contributed by atoms with Crippen LogP contribution in [0.3, 0.4) is 0 Å². The largest absolute Gasteiger partial charge is 0.294 e. The van der Waals surface area contributed by atoms with Crippen molar-refractivity contribution in [1.29, 1.82) is 0 Å². The second-order valence-corrected chi connectivity index (χ2v) is 5.57. The van der Waals surface area contributed by atoms with Crippen LogP contribution in [0, 0.1) is 5.82 Å². The Hall–Kier alpha value is -1.81. The van der Waals surface area contributed by atoms with Crippen LogP contribution in [0.25, 0.3) is 0 Å². The van der Waals surface area contributed by atoms with Gasteiger partial charge in [-0.15, -0.1) is 0 Å². The van der Waals surface area contributed by atoms with Crippen LogP contribution in [0.5, 0.6) is 0 Å². The molecule has 1 aliphatic carbocycles. The average Bonchev–Trinajstić information content (AvgIpc) is 2.66. The highest BCUT2D eigenvalue weighted by atomic mass is 35.5. The fourth-order valence-electron chi connectivity index (χ4n) is 2.54. The Bertz CT molecular complexity index is 703. The van der Waals surface area contributed by atoms with Gasteiger partial charge in [0.25, 0.3) is 0 Å². The van der Waals surface area contributed by atoms with Crippen molar-refractivity contribution in [3.05, 3.63) is 57.9 Å². The molecule has 0 bridgehead atoms. The maximum atomic E-state index is 13.9. The molecule has 1 aromatic heterocycles. The smallest absolute Gasteiger partial charge is 0.166 e. The molecule has 0 spiro atoms. The molecule has 0 saturated heterocycles. The average molecular weight is 305 g/mol. The number of aromatic nitrogens is 2. The molecule has 0 amide bonds. The Labute approximate surface area is 127 Å². The van der Waals surface area contributed by atoms with Crippen molar-refractivity contribution in [2.24, 2.45) is 0 Å². The fourth-order valence-corrected chi connectivity index (χ4v) is 2.73. The van der Waals surface area contributed by atoms with E-state index in [2.05, 4.69) is 9.97 Å². The maximum absolute atomic E-state index is 13.9. The molecule has 0 fully saturated rings. The zero-order valence-corrected chi connectivity index (χ0v) is 12.2. The van der Waals surface area contributed by atoms with Crippen LogP contribution in [0.2, 0.25) is 5.02 Å². The number of carbonyl (C=O) groups excluding carboxylic acids is 1. The molecule has 5 heteroatoms. The van der Waals surface area contributed by atoms with Crippen LogP contribution in [0.15, 0.2) is 24.4 Å². The zero-order chi connectivity index (χ0) is 14.8. The molecular formula is C16H14ClFN2O. The summed E-state index contributed by atoms with van der Waals surface area (Å²) < 4.78 is 13.9. The van der Waals surface area contributed by atoms with E-state index in [4.69, 9.17) is 11.6 Å². The van der Waals surface area contributed by atoms with E-state index in [0.717, 1.165) is 25.0 Å². The molecule has 1 aliphatic rings. The van der Waals surface area contributed by atoms with Crippen molar-refractivity contribution in [1.82, 2.24) is 9.97 Å². The highest BCUT2D eigenvalue weighted by molar-refractivity contribution is 6.30. The minimum absolute atomic E-state index is 0.0948. The van der Waals surface area contributed by atoms with E-state index < -0.39 is 5.82 Å². The molecule has 108 valence electrons. The van der Waals surface area contributed by atoms with Crippen LogP contribution >= 0.6 is 11.6 Å². The normalized spacial score (nSPS) is 14.7. The summed E-state index contributed by atoms with van der Waals surface area (Å²) in [5, 5.41) is 0.0948. The molecule has 1 aromatic carbocycles. The molecule has 0 saturated carbocycles. The number of ketones is 1. The first-order chi connectivity index (χ1) is 10.1. The van der Waals surface area contributed by atoms with E-state index in [1.807, 2.05) is 0 Å². The Morgan fingerprint density at radius 3 is 2.90 bits per heavy atom. The lowest BCUT2D eigenvalue weighted by molar-refractivity contribution is 0.0981. The minimum atomic E-state index is -0.436. The number of Topliss-reactive ketones (excluding diaryl/α,β-unsaturated/α-hetero) is 1. The van der Waals surface area contributed by atoms with Gasteiger partial charge in [0, 0.05) is 19.0 Å². The molecule has 0 atom stereocenters. The van der Waals surface area contributed by atoms with Crippen LogP contribution in [0.1, 0.15) is 46.7 Å². The lowest BCUT2D eigenvalue weighted by Crippen LogP contribution is -2.08. The highest BCUT2D eigenvalue weighted by Crippen LogP contribution is 2.22. The van der Waals surface area contributed by atoms with Crippen molar-refractivity contribution in [3.63, 3.8) is 0 Å². The Morgan fingerprint density at radius 1 is 1.24 bits per heavy atom. The number of halogens is 2. The molecule has 0 aliphatic heterocycles. The third-order valence-electron chi connectivity index (χ3n) is 3.67. The molecule has 0 N–H and O–H groups in total. The van der Waals surface area contributed by atoms with E-state index >= 15 is 0 Å². The van der Waals surface area contributed by atoms with Gasteiger partial charge >= 0.3 is 0 Å². The monoisotopic (exact) mass is 304 g/mol. The second kappa shape index (κ2) is 5.90. The molecule has 0 unspecified atom stereocenters. The van der Waals surface area contributed by atoms with Gasteiger partial charge in [-0.25, -0.2) is 14.4 Å². The number of aryl methyl sites for hydroxylation is 1. The summed E-state index contributed by atoms with van der Waals surface area (Å²) in [6.07, 6.45) is 5.00. The van der Waals surface area contributed by atoms with Gasteiger partial charge in [0.05, 0.1) is 16.3 Å². The Balaban J connectivity index is 1.92. The number of hydrogen-bond acceptors (Lipinski definition) is 3. The third-order valence-corrected chi connectivity index (χ3v) is 3.96. The Kier molecular flexibility index (Phi) is 3.97. The van der Waals surface area contributed by atoms with Gasteiger partial charge < -0.3 is 0 Å². The minimum Gasteiger partial charge on any atom is -0.294 e. The van der Waals surface area contributed by atoms with E-state index in [0.29, 0.717) is 23.4 Å². The van der Waals surface area contributed by atoms with Gasteiger partial charge in [0.15, 0.2) is 5.78 Å². The van der Waals surface area contributed by atoms with Crippen LogP contribution in [0.4, 0.5) is 4.39 Å². The second-order valence-electron chi connectivity index (χ2n) is 5.17. The number of nitrogens with zero attached hydrogens (tertiary/aromatic N) is 2. The number of hydrogen-bond donors (Lipinski definition) is 0. The first-order valence-corrected chi connectivity index (χ1v) is 7.34.